The highest BCUT2D eigenvalue weighted by Crippen LogP contribution is 2.37. The highest BCUT2D eigenvalue weighted by molar-refractivity contribution is 7.89. The van der Waals surface area contributed by atoms with Crippen LogP contribution in [0.15, 0.2) is 53.4 Å². The van der Waals surface area contributed by atoms with Gasteiger partial charge < -0.3 is 4.90 Å². The molecule has 1 fully saturated rings. The van der Waals surface area contributed by atoms with Crippen LogP contribution >= 0.6 is 0 Å². The second kappa shape index (κ2) is 6.52. The lowest BCUT2D eigenvalue weighted by Gasteiger charge is -2.18. The van der Waals surface area contributed by atoms with Crippen molar-refractivity contribution < 1.29 is 13.2 Å². The Kier molecular flexibility index (Phi) is 4.32. The van der Waals surface area contributed by atoms with E-state index >= 15 is 0 Å². The van der Waals surface area contributed by atoms with Gasteiger partial charge in [0.05, 0.1) is 4.90 Å². The Labute approximate surface area is 154 Å². The van der Waals surface area contributed by atoms with Gasteiger partial charge in [0.2, 0.25) is 15.9 Å². The lowest BCUT2D eigenvalue weighted by Crippen LogP contribution is -2.30. The van der Waals surface area contributed by atoms with Crippen molar-refractivity contribution in [3.63, 3.8) is 0 Å². The Bertz CT molecular complexity index is 937. The van der Waals surface area contributed by atoms with E-state index in [9.17, 15) is 13.2 Å². The monoisotopic (exact) mass is 370 g/mol. The molecule has 5 nitrogen and oxygen atoms in total. The van der Waals surface area contributed by atoms with Crippen LogP contribution in [-0.4, -0.2) is 20.9 Å². The highest BCUT2D eigenvalue weighted by Gasteiger charge is 2.36. The van der Waals surface area contributed by atoms with Gasteiger partial charge in [-0.3, -0.25) is 4.79 Å². The quantitative estimate of drug-likeness (QED) is 0.880. The van der Waals surface area contributed by atoms with Crippen molar-refractivity contribution in [2.45, 2.75) is 37.1 Å². The lowest BCUT2D eigenvalue weighted by molar-refractivity contribution is -0.119. The van der Waals surface area contributed by atoms with Crippen LogP contribution < -0.4 is 9.62 Å². The van der Waals surface area contributed by atoms with Crippen molar-refractivity contribution in [3.8, 4) is 0 Å². The lowest BCUT2D eigenvalue weighted by atomic mass is 10.1. The summed E-state index contributed by atoms with van der Waals surface area (Å²) in [7, 11) is -3.62. The number of fused-ring (bicyclic) bond motifs is 1. The smallest absolute Gasteiger partial charge is 0.241 e. The largest absolute Gasteiger partial charge is 0.312 e. The molecule has 0 aromatic heterocycles. The highest BCUT2D eigenvalue weighted by atomic mass is 32.2. The first-order valence-electron chi connectivity index (χ1n) is 8.97. The number of nitrogens with zero attached hydrogens (tertiary/aromatic N) is 1. The summed E-state index contributed by atoms with van der Waals surface area (Å²) in [6, 6.07) is 14.2. The van der Waals surface area contributed by atoms with Gasteiger partial charge in [-0.05, 0) is 55.5 Å². The SMILES string of the molecule is C[C@@H](NS(=O)(=O)c1ccc2c(c1)CCN2C(=O)C1CC1)c1ccccc1. The molecule has 2 aliphatic rings. The van der Waals surface area contributed by atoms with E-state index < -0.39 is 10.0 Å². The molecule has 2 aromatic rings. The summed E-state index contributed by atoms with van der Waals surface area (Å²) in [5.41, 5.74) is 2.70. The Morgan fingerprint density at radius 2 is 1.88 bits per heavy atom. The molecule has 4 rings (SSSR count). The van der Waals surface area contributed by atoms with Crippen LogP contribution in [-0.2, 0) is 21.2 Å². The molecular weight excluding hydrogens is 348 g/mol. The summed E-state index contributed by atoms with van der Waals surface area (Å²) in [5.74, 6) is 0.341. The third-order valence-corrected chi connectivity index (χ3v) is 6.62. The zero-order chi connectivity index (χ0) is 18.3. The fourth-order valence-electron chi connectivity index (χ4n) is 3.44. The first-order valence-corrected chi connectivity index (χ1v) is 10.5. The number of hydrogen-bond acceptors (Lipinski definition) is 3. The van der Waals surface area contributed by atoms with Crippen LogP contribution in [0.3, 0.4) is 0 Å². The van der Waals surface area contributed by atoms with Crippen LogP contribution in [0.2, 0.25) is 0 Å². The predicted molar refractivity (Wildman–Crippen MR) is 100 cm³/mol. The van der Waals surface area contributed by atoms with E-state index in [1.165, 1.54) is 0 Å². The van der Waals surface area contributed by atoms with Gasteiger partial charge in [-0.15, -0.1) is 0 Å². The number of nitrogens with one attached hydrogen (secondary N) is 1. The van der Waals surface area contributed by atoms with Gasteiger partial charge in [-0.25, -0.2) is 13.1 Å². The standard InChI is InChI=1S/C20H22N2O3S/c1-14(15-5-3-2-4-6-15)21-26(24,25)18-9-10-19-17(13-18)11-12-22(19)20(23)16-7-8-16/h2-6,9-10,13-14,16,21H,7-8,11-12H2,1H3/t14-/m1/s1. The van der Waals surface area contributed by atoms with E-state index in [2.05, 4.69) is 4.72 Å². The minimum atomic E-state index is -3.62. The Balaban J connectivity index is 1.55. The van der Waals surface area contributed by atoms with E-state index in [0.29, 0.717) is 13.0 Å². The summed E-state index contributed by atoms with van der Waals surface area (Å²) < 4.78 is 28.2. The Morgan fingerprint density at radius 3 is 2.58 bits per heavy atom. The number of benzene rings is 2. The molecule has 6 heteroatoms. The number of rotatable bonds is 5. The van der Waals surface area contributed by atoms with E-state index in [4.69, 9.17) is 0 Å². The molecule has 1 saturated carbocycles. The van der Waals surface area contributed by atoms with E-state index in [1.807, 2.05) is 42.2 Å². The summed E-state index contributed by atoms with van der Waals surface area (Å²) in [5, 5.41) is 0. The average Bonchev–Trinajstić information content (AvgIpc) is 3.40. The molecule has 1 heterocycles. The van der Waals surface area contributed by atoms with Crippen LogP contribution in [0.25, 0.3) is 0 Å². The maximum atomic E-state index is 12.8. The second-order valence-electron chi connectivity index (χ2n) is 7.06. The molecule has 1 aliphatic heterocycles. The molecule has 0 bridgehead atoms. The number of sulfonamides is 1. The summed E-state index contributed by atoms with van der Waals surface area (Å²) in [6.45, 7) is 2.47. The normalized spacial score (nSPS) is 17.8. The number of hydrogen-bond donors (Lipinski definition) is 1. The zero-order valence-electron chi connectivity index (χ0n) is 14.7. The van der Waals surface area contributed by atoms with Crippen molar-refractivity contribution in [2.75, 3.05) is 11.4 Å². The van der Waals surface area contributed by atoms with Gasteiger partial charge in [-0.1, -0.05) is 30.3 Å². The second-order valence-corrected chi connectivity index (χ2v) is 8.77. The molecule has 0 unspecified atom stereocenters. The molecule has 26 heavy (non-hydrogen) atoms. The van der Waals surface area contributed by atoms with Crippen molar-refractivity contribution in [1.82, 2.24) is 4.72 Å². The summed E-state index contributed by atoms with van der Waals surface area (Å²) >= 11 is 0. The van der Waals surface area contributed by atoms with Crippen molar-refractivity contribution in [3.05, 3.63) is 59.7 Å². The fourth-order valence-corrected chi connectivity index (χ4v) is 4.72. The van der Waals surface area contributed by atoms with Crippen molar-refractivity contribution >= 4 is 21.6 Å². The van der Waals surface area contributed by atoms with Gasteiger partial charge >= 0.3 is 0 Å². The average molecular weight is 370 g/mol. The molecule has 136 valence electrons. The molecule has 1 aliphatic carbocycles. The molecule has 0 saturated heterocycles. The minimum Gasteiger partial charge on any atom is -0.312 e. The maximum Gasteiger partial charge on any atom is 0.241 e. The van der Waals surface area contributed by atoms with Gasteiger partial charge in [0.15, 0.2) is 0 Å². The van der Waals surface area contributed by atoms with E-state index in [0.717, 1.165) is 29.7 Å². The topological polar surface area (TPSA) is 66.5 Å². The molecule has 0 radical (unpaired) electrons. The van der Waals surface area contributed by atoms with Gasteiger partial charge in [0.25, 0.3) is 0 Å². The number of carbonyl (C=O) groups excluding carboxylic acids is 1. The fraction of sp³-hybridized carbons (Fsp3) is 0.350. The van der Waals surface area contributed by atoms with Crippen LogP contribution in [0, 0.1) is 5.92 Å². The van der Waals surface area contributed by atoms with Gasteiger partial charge in [0, 0.05) is 24.2 Å². The third kappa shape index (κ3) is 3.27. The first kappa shape index (κ1) is 17.2. The van der Waals surface area contributed by atoms with Crippen LogP contribution in [0.5, 0.6) is 0 Å². The summed E-state index contributed by atoms with van der Waals surface area (Å²) in [6.07, 6.45) is 2.64. The Hall–Kier alpha value is -2.18. The molecule has 2 aromatic carbocycles. The predicted octanol–water partition coefficient (Wildman–Crippen LogP) is 3.03. The third-order valence-electron chi connectivity index (χ3n) is 5.08. The Morgan fingerprint density at radius 1 is 1.15 bits per heavy atom. The number of amides is 1. The molecule has 0 spiro atoms. The van der Waals surface area contributed by atoms with Gasteiger partial charge in [-0.2, -0.15) is 0 Å². The zero-order valence-corrected chi connectivity index (χ0v) is 15.5. The van der Waals surface area contributed by atoms with Crippen molar-refractivity contribution in [1.29, 1.82) is 0 Å². The molecular formula is C20H22N2O3S. The number of anilines is 1. The molecule has 1 N–H and O–H groups in total. The van der Waals surface area contributed by atoms with E-state index in [1.54, 1.807) is 18.2 Å². The first-order chi connectivity index (χ1) is 12.5. The summed E-state index contributed by atoms with van der Waals surface area (Å²) in [4.78, 5) is 14.4. The maximum absolute atomic E-state index is 12.8. The molecule has 1 atom stereocenters. The van der Waals surface area contributed by atoms with E-state index in [-0.39, 0.29) is 22.8 Å². The van der Waals surface area contributed by atoms with Crippen LogP contribution in [0.1, 0.15) is 36.9 Å². The van der Waals surface area contributed by atoms with Crippen molar-refractivity contribution in [2.24, 2.45) is 5.92 Å². The van der Waals surface area contributed by atoms with Gasteiger partial charge in [0.1, 0.15) is 0 Å². The molecule has 1 amide bonds. The van der Waals surface area contributed by atoms with Crippen LogP contribution in [0.4, 0.5) is 5.69 Å². The number of carbonyl (C=O) groups is 1. The minimum absolute atomic E-state index is 0.165.